The van der Waals surface area contributed by atoms with Gasteiger partial charge in [-0.3, -0.25) is 4.79 Å². The van der Waals surface area contributed by atoms with Gasteiger partial charge in [0.2, 0.25) is 5.91 Å². The van der Waals surface area contributed by atoms with Gasteiger partial charge in [0, 0.05) is 19.0 Å². The second kappa shape index (κ2) is 8.24. The Morgan fingerprint density at radius 3 is 2.85 bits per heavy atom. The van der Waals surface area contributed by atoms with E-state index < -0.39 is 6.10 Å². The summed E-state index contributed by atoms with van der Waals surface area (Å²) in [6.07, 6.45) is -0.407. The van der Waals surface area contributed by atoms with Crippen molar-refractivity contribution in [1.29, 1.82) is 0 Å². The average Bonchev–Trinajstić information content (AvgIpc) is 2.34. The monoisotopic (exact) mass is 344 g/mol. The van der Waals surface area contributed by atoms with Crippen molar-refractivity contribution in [2.24, 2.45) is 5.73 Å². The van der Waals surface area contributed by atoms with Gasteiger partial charge >= 0.3 is 0 Å². The number of primary amides is 1. The molecular formula is C14H21BrN2O3. The molecule has 0 aliphatic carbocycles. The zero-order chi connectivity index (χ0) is 15.1. The first-order valence-corrected chi connectivity index (χ1v) is 7.26. The Morgan fingerprint density at radius 2 is 2.25 bits per heavy atom. The van der Waals surface area contributed by atoms with E-state index in [9.17, 15) is 9.90 Å². The van der Waals surface area contributed by atoms with Crippen molar-refractivity contribution in [1.82, 2.24) is 5.32 Å². The van der Waals surface area contributed by atoms with Gasteiger partial charge in [0.1, 0.15) is 18.5 Å². The number of rotatable bonds is 8. The molecule has 5 nitrogen and oxygen atoms in total. The van der Waals surface area contributed by atoms with Crippen molar-refractivity contribution in [3.05, 3.63) is 28.2 Å². The highest BCUT2D eigenvalue weighted by atomic mass is 79.9. The minimum absolute atomic E-state index is 0.0618. The number of benzene rings is 1. The first-order valence-electron chi connectivity index (χ1n) is 6.47. The topological polar surface area (TPSA) is 84.6 Å². The van der Waals surface area contributed by atoms with Gasteiger partial charge in [0.25, 0.3) is 0 Å². The second-order valence-corrected chi connectivity index (χ2v) is 5.73. The Kier molecular flexibility index (Phi) is 6.98. The lowest BCUT2D eigenvalue weighted by Crippen LogP contribution is -2.38. The molecule has 0 saturated carbocycles. The third kappa shape index (κ3) is 6.36. The predicted octanol–water partition coefficient (Wildman–Crippen LogP) is 1.35. The van der Waals surface area contributed by atoms with Gasteiger partial charge in [-0.15, -0.1) is 0 Å². The number of amides is 1. The molecule has 0 aliphatic rings. The second-order valence-electron chi connectivity index (χ2n) is 4.88. The summed E-state index contributed by atoms with van der Waals surface area (Å²) in [7, 11) is 0. The molecule has 0 heterocycles. The van der Waals surface area contributed by atoms with Crippen molar-refractivity contribution >= 4 is 21.8 Å². The Bertz CT molecular complexity index is 454. The Hall–Kier alpha value is -1.11. The average molecular weight is 345 g/mol. The summed E-state index contributed by atoms with van der Waals surface area (Å²) in [6, 6.07) is 5.69. The first-order chi connectivity index (χ1) is 9.38. The molecule has 0 spiro atoms. The molecule has 1 amide bonds. The van der Waals surface area contributed by atoms with E-state index >= 15 is 0 Å². The number of hydrogen-bond acceptors (Lipinski definition) is 4. The molecule has 0 saturated heterocycles. The zero-order valence-corrected chi connectivity index (χ0v) is 13.3. The fourth-order valence-electron chi connectivity index (χ4n) is 1.68. The van der Waals surface area contributed by atoms with Crippen LogP contribution in [0, 0.1) is 6.92 Å². The number of carbonyl (C=O) groups is 1. The molecule has 0 fully saturated rings. The highest BCUT2D eigenvalue weighted by Gasteiger charge is 2.10. The van der Waals surface area contributed by atoms with Crippen LogP contribution in [-0.4, -0.2) is 36.3 Å². The molecule has 2 unspecified atom stereocenters. The van der Waals surface area contributed by atoms with Crippen LogP contribution in [0.1, 0.15) is 18.9 Å². The summed E-state index contributed by atoms with van der Waals surface area (Å²) in [5, 5.41) is 12.9. The number of aryl methyl sites for hydroxylation is 1. The standard InChI is InChI=1S/C14H21BrN2O3/c1-9-3-4-13(12(15)5-9)20-8-11(18)7-17-10(2)6-14(16)19/h3-5,10-11,17-18H,6-8H2,1-2H3,(H2,16,19). The maximum Gasteiger partial charge on any atom is 0.218 e. The Morgan fingerprint density at radius 1 is 1.55 bits per heavy atom. The van der Waals surface area contributed by atoms with E-state index in [2.05, 4.69) is 21.2 Å². The van der Waals surface area contributed by atoms with Gasteiger partial charge in [-0.25, -0.2) is 0 Å². The van der Waals surface area contributed by atoms with Crippen LogP contribution in [0.2, 0.25) is 0 Å². The van der Waals surface area contributed by atoms with Crippen molar-refractivity contribution in [3.63, 3.8) is 0 Å². The number of nitrogens with two attached hydrogens (primary N) is 1. The van der Waals surface area contributed by atoms with E-state index in [0.717, 1.165) is 10.0 Å². The number of hydrogen-bond donors (Lipinski definition) is 3. The maximum absolute atomic E-state index is 10.7. The summed E-state index contributed by atoms with van der Waals surface area (Å²) >= 11 is 3.41. The number of carbonyl (C=O) groups excluding carboxylic acids is 1. The largest absolute Gasteiger partial charge is 0.490 e. The lowest BCUT2D eigenvalue weighted by Gasteiger charge is -2.17. The zero-order valence-electron chi connectivity index (χ0n) is 11.7. The number of aliphatic hydroxyl groups is 1. The minimum Gasteiger partial charge on any atom is -0.490 e. The maximum atomic E-state index is 10.7. The van der Waals surface area contributed by atoms with Crippen molar-refractivity contribution in [3.8, 4) is 5.75 Å². The van der Waals surface area contributed by atoms with Crippen LogP contribution in [0.3, 0.4) is 0 Å². The molecule has 112 valence electrons. The van der Waals surface area contributed by atoms with Gasteiger partial charge < -0.3 is 20.9 Å². The molecular weight excluding hydrogens is 324 g/mol. The highest BCUT2D eigenvalue weighted by Crippen LogP contribution is 2.25. The number of aliphatic hydroxyl groups excluding tert-OH is 1. The van der Waals surface area contributed by atoms with Crippen molar-refractivity contribution in [2.45, 2.75) is 32.4 Å². The van der Waals surface area contributed by atoms with Crippen LogP contribution >= 0.6 is 15.9 Å². The number of halogens is 1. The van der Waals surface area contributed by atoms with Crippen LogP contribution in [-0.2, 0) is 4.79 Å². The van der Waals surface area contributed by atoms with Gasteiger partial charge in [0.05, 0.1) is 4.47 Å². The number of nitrogens with one attached hydrogen (secondary N) is 1. The molecule has 1 aromatic rings. The molecule has 1 rings (SSSR count). The van der Waals surface area contributed by atoms with Crippen LogP contribution < -0.4 is 15.8 Å². The summed E-state index contributed by atoms with van der Waals surface area (Å²) in [5.74, 6) is 0.333. The van der Waals surface area contributed by atoms with Crippen LogP contribution in [0.5, 0.6) is 5.75 Å². The first kappa shape index (κ1) is 16.9. The van der Waals surface area contributed by atoms with Crippen LogP contribution in [0.25, 0.3) is 0 Å². The molecule has 20 heavy (non-hydrogen) atoms. The van der Waals surface area contributed by atoms with E-state index in [0.29, 0.717) is 12.3 Å². The van der Waals surface area contributed by atoms with Gasteiger partial charge in [-0.05, 0) is 47.5 Å². The van der Waals surface area contributed by atoms with E-state index in [1.165, 1.54) is 0 Å². The van der Waals surface area contributed by atoms with E-state index in [1.807, 2.05) is 32.0 Å². The van der Waals surface area contributed by atoms with E-state index in [4.69, 9.17) is 10.5 Å². The fraction of sp³-hybridized carbons (Fsp3) is 0.500. The molecule has 6 heteroatoms. The molecule has 0 aromatic heterocycles. The van der Waals surface area contributed by atoms with E-state index in [-0.39, 0.29) is 25.0 Å². The number of ether oxygens (including phenoxy) is 1. The third-order valence-electron chi connectivity index (χ3n) is 2.73. The normalized spacial score (nSPS) is 13.8. The highest BCUT2D eigenvalue weighted by molar-refractivity contribution is 9.10. The third-order valence-corrected chi connectivity index (χ3v) is 3.35. The molecule has 2 atom stereocenters. The van der Waals surface area contributed by atoms with Gasteiger partial charge in [-0.1, -0.05) is 6.07 Å². The Labute approximate surface area is 127 Å². The fourth-order valence-corrected chi connectivity index (χ4v) is 2.29. The van der Waals surface area contributed by atoms with Gasteiger partial charge in [0.15, 0.2) is 0 Å². The summed E-state index contributed by atoms with van der Waals surface area (Å²) in [4.78, 5) is 10.7. The van der Waals surface area contributed by atoms with Crippen molar-refractivity contribution in [2.75, 3.05) is 13.2 Å². The van der Waals surface area contributed by atoms with Gasteiger partial charge in [-0.2, -0.15) is 0 Å². The van der Waals surface area contributed by atoms with Crippen LogP contribution in [0.15, 0.2) is 22.7 Å². The summed E-state index contributed by atoms with van der Waals surface area (Å²) in [5.41, 5.74) is 6.22. The molecule has 0 aliphatic heterocycles. The predicted molar refractivity (Wildman–Crippen MR) is 81.7 cm³/mol. The van der Waals surface area contributed by atoms with Crippen molar-refractivity contribution < 1.29 is 14.6 Å². The quantitative estimate of drug-likeness (QED) is 0.664. The minimum atomic E-state index is -0.654. The molecule has 0 radical (unpaired) electrons. The lowest BCUT2D eigenvalue weighted by molar-refractivity contribution is -0.118. The molecule has 1 aromatic carbocycles. The summed E-state index contributed by atoms with van der Waals surface area (Å²) < 4.78 is 6.40. The SMILES string of the molecule is Cc1ccc(OCC(O)CNC(C)CC(N)=O)c(Br)c1. The Balaban J connectivity index is 2.32. The smallest absolute Gasteiger partial charge is 0.218 e. The lowest BCUT2D eigenvalue weighted by atomic mass is 10.2. The van der Waals surface area contributed by atoms with Crippen LogP contribution in [0.4, 0.5) is 0 Å². The molecule has 0 bridgehead atoms. The molecule has 4 N–H and O–H groups in total. The van der Waals surface area contributed by atoms with E-state index in [1.54, 1.807) is 0 Å². The summed E-state index contributed by atoms with van der Waals surface area (Å²) in [6.45, 7) is 4.36.